The molecule has 0 aliphatic rings. The number of carbonyl (C=O) groups is 2. The highest BCUT2D eigenvalue weighted by Gasteiger charge is 2.10. The molecule has 0 radical (unpaired) electrons. The van der Waals surface area contributed by atoms with Crippen molar-refractivity contribution in [2.45, 2.75) is 19.8 Å². The number of aromatic nitrogens is 3. The molecule has 2 N–H and O–H groups in total. The number of aromatic carboxylic acids is 1. The van der Waals surface area contributed by atoms with E-state index in [9.17, 15) is 9.59 Å². The van der Waals surface area contributed by atoms with Gasteiger partial charge in [0.15, 0.2) is 0 Å². The van der Waals surface area contributed by atoms with Gasteiger partial charge in [-0.25, -0.2) is 4.79 Å². The molecule has 112 valence electrons. The third kappa shape index (κ3) is 3.88. The minimum absolute atomic E-state index is 0.136. The Bertz CT molecular complexity index is 662. The first-order valence-corrected chi connectivity index (χ1v) is 7.27. The van der Waals surface area contributed by atoms with Crippen LogP contribution >= 0.6 is 11.3 Å². The Labute approximate surface area is 125 Å². The van der Waals surface area contributed by atoms with Crippen molar-refractivity contribution in [3.05, 3.63) is 33.5 Å². The average Bonchev–Trinajstić information content (AvgIpc) is 3.00. The third-order valence-electron chi connectivity index (χ3n) is 3.08. The first-order valence-electron chi connectivity index (χ1n) is 6.39. The van der Waals surface area contributed by atoms with Gasteiger partial charge in [0.05, 0.1) is 6.42 Å². The molecule has 2 aromatic rings. The molecule has 0 saturated heterocycles. The van der Waals surface area contributed by atoms with Gasteiger partial charge in [-0.3, -0.25) is 4.79 Å². The Morgan fingerprint density at radius 2 is 2.19 bits per heavy atom. The lowest BCUT2D eigenvalue weighted by Crippen LogP contribution is -2.27. The smallest absolute Gasteiger partial charge is 0.345 e. The second-order valence-electron chi connectivity index (χ2n) is 4.62. The van der Waals surface area contributed by atoms with Crippen LogP contribution in [0.5, 0.6) is 0 Å². The summed E-state index contributed by atoms with van der Waals surface area (Å²) in [5, 5.41) is 21.3. The average molecular weight is 308 g/mol. The molecule has 2 heterocycles. The van der Waals surface area contributed by atoms with Crippen molar-refractivity contribution in [2.24, 2.45) is 7.05 Å². The van der Waals surface area contributed by atoms with E-state index < -0.39 is 5.97 Å². The molecule has 8 heteroatoms. The van der Waals surface area contributed by atoms with Crippen molar-refractivity contribution < 1.29 is 14.7 Å². The summed E-state index contributed by atoms with van der Waals surface area (Å²) in [6.07, 6.45) is 0.786. The summed E-state index contributed by atoms with van der Waals surface area (Å²) in [5.74, 6) is 0.542. The van der Waals surface area contributed by atoms with Crippen molar-refractivity contribution in [1.29, 1.82) is 0 Å². The normalized spacial score (nSPS) is 10.6. The number of hydrogen-bond donors (Lipinski definition) is 2. The summed E-state index contributed by atoms with van der Waals surface area (Å²) < 4.78 is 1.88. The van der Waals surface area contributed by atoms with Gasteiger partial charge in [-0.1, -0.05) is 0 Å². The van der Waals surface area contributed by atoms with Crippen LogP contribution in [0.2, 0.25) is 0 Å². The fraction of sp³-hybridized carbons (Fsp3) is 0.385. The third-order valence-corrected chi connectivity index (χ3v) is 4.05. The maximum Gasteiger partial charge on any atom is 0.345 e. The fourth-order valence-electron chi connectivity index (χ4n) is 1.81. The molecule has 0 spiro atoms. The molecule has 0 aliphatic carbocycles. The van der Waals surface area contributed by atoms with Gasteiger partial charge in [0, 0.05) is 20.0 Å². The summed E-state index contributed by atoms with van der Waals surface area (Å²) in [4.78, 5) is 22.8. The molecule has 0 aromatic carbocycles. The number of carboxylic acids is 1. The molecular weight excluding hydrogens is 292 g/mol. The lowest BCUT2D eigenvalue weighted by Gasteiger charge is -2.04. The predicted octanol–water partition coefficient (Wildman–Crippen LogP) is 0.785. The molecular formula is C13H16N4O3S. The molecule has 0 unspecified atom stereocenters. The van der Waals surface area contributed by atoms with Crippen LogP contribution in [0.25, 0.3) is 0 Å². The van der Waals surface area contributed by atoms with E-state index in [0.29, 0.717) is 18.5 Å². The number of nitrogens with zero attached hydrogens (tertiary/aromatic N) is 3. The maximum atomic E-state index is 11.8. The van der Waals surface area contributed by atoms with Gasteiger partial charge in [0.25, 0.3) is 0 Å². The van der Waals surface area contributed by atoms with Crippen molar-refractivity contribution in [3.8, 4) is 0 Å². The Hall–Kier alpha value is -2.22. The summed E-state index contributed by atoms with van der Waals surface area (Å²) in [6, 6.07) is 1.53. The number of rotatable bonds is 6. The van der Waals surface area contributed by atoms with Crippen LogP contribution in [0.15, 0.2) is 11.4 Å². The maximum absolute atomic E-state index is 11.8. The molecule has 2 aromatic heterocycles. The van der Waals surface area contributed by atoms with Crippen molar-refractivity contribution in [3.63, 3.8) is 0 Å². The lowest BCUT2D eigenvalue weighted by molar-refractivity contribution is -0.120. The summed E-state index contributed by atoms with van der Waals surface area (Å²) in [6.45, 7) is 2.34. The lowest BCUT2D eigenvalue weighted by atomic mass is 10.2. The molecule has 1 amide bonds. The van der Waals surface area contributed by atoms with Crippen LogP contribution in [-0.2, 0) is 24.7 Å². The Balaban J connectivity index is 1.79. The van der Waals surface area contributed by atoms with Crippen LogP contribution < -0.4 is 5.32 Å². The van der Waals surface area contributed by atoms with Gasteiger partial charge in [-0.15, -0.1) is 21.5 Å². The quantitative estimate of drug-likeness (QED) is 0.822. The van der Waals surface area contributed by atoms with E-state index in [1.807, 2.05) is 18.5 Å². The number of carbonyl (C=O) groups excluding carboxylic acids is 1. The van der Waals surface area contributed by atoms with Crippen molar-refractivity contribution in [1.82, 2.24) is 20.1 Å². The van der Waals surface area contributed by atoms with E-state index >= 15 is 0 Å². The zero-order valence-corrected chi connectivity index (χ0v) is 12.6. The monoisotopic (exact) mass is 308 g/mol. The van der Waals surface area contributed by atoms with E-state index in [0.717, 1.165) is 23.0 Å². The van der Waals surface area contributed by atoms with Gasteiger partial charge in [0.1, 0.15) is 16.5 Å². The molecule has 2 rings (SSSR count). The van der Waals surface area contributed by atoms with Gasteiger partial charge < -0.3 is 15.0 Å². The van der Waals surface area contributed by atoms with E-state index in [1.54, 1.807) is 5.38 Å². The van der Waals surface area contributed by atoms with E-state index in [2.05, 4.69) is 15.5 Å². The van der Waals surface area contributed by atoms with E-state index in [1.165, 1.54) is 6.07 Å². The standard InChI is InChI=1S/C13H16N4O3S/c1-8-15-16-11(17(8)2)3-4-14-12(18)6-9-5-10(13(19)20)21-7-9/h5,7H,3-4,6H2,1-2H3,(H,14,18)(H,19,20). The SMILES string of the molecule is Cc1nnc(CCNC(=O)Cc2csc(C(=O)O)c2)n1C. The van der Waals surface area contributed by atoms with Gasteiger partial charge in [-0.05, 0) is 23.9 Å². The molecule has 21 heavy (non-hydrogen) atoms. The van der Waals surface area contributed by atoms with Crippen LogP contribution in [0.3, 0.4) is 0 Å². The predicted molar refractivity (Wildman–Crippen MR) is 77.4 cm³/mol. The zero-order valence-electron chi connectivity index (χ0n) is 11.8. The van der Waals surface area contributed by atoms with Crippen LogP contribution in [0, 0.1) is 6.92 Å². The second kappa shape index (κ2) is 6.49. The highest BCUT2D eigenvalue weighted by molar-refractivity contribution is 7.12. The number of thiophene rings is 1. The Morgan fingerprint density at radius 3 is 2.76 bits per heavy atom. The molecule has 0 atom stereocenters. The first-order chi connectivity index (χ1) is 9.97. The molecule has 7 nitrogen and oxygen atoms in total. The number of hydrogen-bond acceptors (Lipinski definition) is 5. The number of amides is 1. The van der Waals surface area contributed by atoms with Crippen LogP contribution in [-0.4, -0.2) is 38.3 Å². The highest BCUT2D eigenvalue weighted by Crippen LogP contribution is 2.14. The molecule has 0 bridgehead atoms. The first kappa shape index (κ1) is 15.2. The Morgan fingerprint density at radius 1 is 1.43 bits per heavy atom. The summed E-state index contributed by atoms with van der Waals surface area (Å²) >= 11 is 1.12. The highest BCUT2D eigenvalue weighted by atomic mass is 32.1. The Kier molecular flexibility index (Phi) is 4.69. The van der Waals surface area contributed by atoms with Gasteiger partial charge >= 0.3 is 5.97 Å². The largest absolute Gasteiger partial charge is 0.477 e. The topological polar surface area (TPSA) is 97.1 Å². The van der Waals surface area contributed by atoms with E-state index in [4.69, 9.17) is 5.11 Å². The number of carboxylic acid groups (broad SMARTS) is 1. The number of nitrogens with one attached hydrogen (secondary N) is 1. The minimum Gasteiger partial charge on any atom is -0.477 e. The fourth-order valence-corrected chi connectivity index (χ4v) is 2.56. The zero-order chi connectivity index (χ0) is 15.4. The number of aryl methyl sites for hydroxylation is 1. The van der Waals surface area contributed by atoms with Crippen LogP contribution in [0.4, 0.5) is 0 Å². The van der Waals surface area contributed by atoms with Crippen molar-refractivity contribution in [2.75, 3.05) is 6.54 Å². The van der Waals surface area contributed by atoms with Crippen molar-refractivity contribution >= 4 is 23.2 Å². The van der Waals surface area contributed by atoms with Gasteiger partial charge in [0.2, 0.25) is 5.91 Å². The molecule has 0 fully saturated rings. The molecule has 0 aliphatic heterocycles. The minimum atomic E-state index is -0.968. The van der Waals surface area contributed by atoms with Gasteiger partial charge in [-0.2, -0.15) is 0 Å². The van der Waals surface area contributed by atoms with E-state index in [-0.39, 0.29) is 17.2 Å². The second-order valence-corrected chi connectivity index (χ2v) is 5.53. The summed E-state index contributed by atoms with van der Waals surface area (Å²) in [5.41, 5.74) is 0.712. The molecule has 0 saturated carbocycles. The summed E-state index contributed by atoms with van der Waals surface area (Å²) in [7, 11) is 1.88. The van der Waals surface area contributed by atoms with Crippen LogP contribution in [0.1, 0.15) is 26.9 Å².